The van der Waals surface area contributed by atoms with Gasteiger partial charge in [-0.15, -0.1) is 0 Å². The number of carbonyl (C=O) groups is 1. The van der Waals surface area contributed by atoms with Crippen molar-refractivity contribution in [2.45, 2.75) is 13.3 Å². The molecule has 7 nitrogen and oxygen atoms in total. The molecule has 0 bridgehead atoms. The minimum Gasteiger partial charge on any atom is -0.492 e. The van der Waals surface area contributed by atoms with Crippen LogP contribution in [0.3, 0.4) is 0 Å². The number of nitrogens with one attached hydrogen (secondary N) is 1. The molecule has 0 aliphatic carbocycles. The molecule has 0 atom stereocenters. The molecule has 22 heavy (non-hydrogen) atoms. The molecule has 0 aliphatic heterocycles. The summed E-state index contributed by atoms with van der Waals surface area (Å²) < 4.78 is 10.4. The second-order valence-corrected chi connectivity index (χ2v) is 4.58. The van der Waals surface area contributed by atoms with Crippen molar-refractivity contribution in [1.82, 2.24) is 4.98 Å². The first-order valence-electron chi connectivity index (χ1n) is 6.63. The summed E-state index contributed by atoms with van der Waals surface area (Å²) in [6, 6.07) is 3.57. The second-order valence-electron chi connectivity index (χ2n) is 4.58. The summed E-state index contributed by atoms with van der Waals surface area (Å²) in [5.74, 6) is -1.32. The van der Waals surface area contributed by atoms with Crippen molar-refractivity contribution in [3.63, 3.8) is 0 Å². The summed E-state index contributed by atoms with van der Waals surface area (Å²) in [6.45, 7) is 2.20. The van der Waals surface area contributed by atoms with Crippen molar-refractivity contribution in [3.8, 4) is 11.5 Å². The summed E-state index contributed by atoms with van der Waals surface area (Å²) in [5, 5.41) is 9.14. The number of ether oxygens (including phenoxy) is 2. The quantitative estimate of drug-likeness (QED) is 0.864. The van der Waals surface area contributed by atoms with Gasteiger partial charge in [-0.05, 0) is 12.5 Å². The molecule has 1 aromatic heterocycles. The molecule has 0 aliphatic rings. The standard InChI is InChI=1S/C15H15NO6/c1-3-4-22-13-5-8-9(7-12(21-2)14(13)18)16-10(15(19)20)6-11(8)17/h5-7H,3-4H2,1-2H3,(H,16,17)(H,19,20). The minimum absolute atomic E-state index is 0.0118. The first kappa shape index (κ1) is 15.6. The zero-order valence-electron chi connectivity index (χ0n) is 12.1. The molecule has 2 aromatic rings. The van der Waals surface area contributed by atoms with Gasteiger partial charge in [-0.2, -0.15) is 0 Å². The Kier molecular flexibility index (Phi) is 4.45. The van der Waals surface area contributed by atoms with E-state index in [2.05, 4.69) is 4.98 Å². The fraction of sp³-hybridized carbons (Fsp3) is 0.267. The van der Waals surface area contributed by atoms with Gasteiger partial charge in [0.2, 0.25) is 0 Å². The van der Waals surface area contributed by atoms with Crippen molar-refractivity contribution < 1.29 is 19.4 Å². The molecule has 0 saturated carbocycles. The zero-order valence-corrected chi connectivity index (χ0v) is 12.1. The molecule has 0 spiro atoms. The highest BCUT2D eigenvalue weighted by atomic mass is 16.5. The molecule has 1 heterocycles. The van der Waals surface area contributed by atoms with Gasteiger partial charge in [-0.1, -0.05) is 6.92 Å². The molecule has 2 rings (SSSR count). The average molecular weight is 305 g/mol. The number of hydrogen-bond acceptors (Lipinski definition) is 5. The van der Waals surface area contributed by atoms with E-state index < -0.39 is 16.8 Å². The van der Waals surface area contributed by atoms with Crippen LogP contribution >= 0.6 is 0 Å². The van der Waals surface area contributed by atoms with Crippen LogP contribution in [0.4, 0.5) is 0 Å². The Bertz CT molecular complexity index is 840. The van der Waals surface area contributed by atoms with Gasteiger partial charge in [0.25, 0.3) is 5.43 Å². The number of methoxy groups -OCH3 is 1. The van der Waals surface area contributed by atoms with E-state index in [1.165, 1.54) is 19.2 Å². The second kappa shape index (κ2) is 6.30. The third-order valence-corrected chi connectivity index (χ3v) is 3.01. The number of fused-ring (bicyclic) bond motifs is 1. The zero-order chi connectivity index (χ0) is 16.3. The maximum atomic E-state index is 12.3. The highest BCUT2D eigenvalue weighted by Crippen LogP contribution is 2.17. The molecule has 116 valence electrons. The van der Waals surface area contributed by atoms with Gasteiger partial charge >= 0.3 is 5.97 Å². The van der Waals surface area contributed by atoms with Crippen LogP contribution in [-0.2, 0) is 0 Å². The van der Waals surface area contributed by atoms with Gasteiger partial charge in [0.15, 0.2) is 16.9 Å². The molecule has 0 unspecified atom stereocenters. The molecule has 2 N–H and O–H groups in total. The summed E-state index contributed by atoms with van der Waals surface area (Å²) >= 11 is 0. The van der Waals surface area contributed by atoms with E-state index in [1.807, 2.05) is 6.92 Å². The van der Waals surface area contributed by atoms with Crippen LogP contribution in [-0.4, -0.2) is 29.8 Å². The van der Waals surface area contributed by atoms with Gasteiger partial charge in [-0.25, -0.2) is 4.79 Å². The third kappa shape index (κ3) is 2.93. The average Bonchev–Trinajstić information content (AvgIpc) is 2.62. The van der Waals surface area contributed by atoms with Gasteiger partial charge in [-0.3, -0.25) is 9.59 Å². The van der Waals surface area contributed by atoms with E-state index in [-0.39, 0.29) is 28.1 Å². The molecule has 0 saturated heterocycles. The number of carboxylic acid groups (broad SMARTS) is 1. The molecule has 0 amide bonds. The monoisotopic (exact) mass is 305 g/mol. The van der Waals surface area contributed by atoms with E-state index in [9.17, 15) is 14.4 Å². The predicted octanol–water partition coefficient (Wildman–Crippen LogP) is 1.38. The van der Waals surface area contributed by atoms with Crippen LogP contribution in [0.25, 0.3) is 10.9 Å². The predicted molar refractivity (Wildman–Crippen MR) is 80.1 cm³/mol. The summed E-state index contributed by atoms with van der Waals surface area (Å²) in [6.07, 6.45) is 0.692. The van der Waals surface area contributed by atoms with Crippen LogP contribution in [0.5, 0.6) is 11.5 Å². The smallest absolute Gasteiger partial charge is 0.352 e. The maximum absolute atomic E-state index is 12.3. The number of aromatic nitrogens is 1. The number of aromatic amines is 1. The minimum atomic E-state index is -1.27. The van der Waals surface area contributed by atoms with Gasteiger partial charge in [0.1, 0.15) is 5.69 Å². The number of H-pyrrole nitrogens is 1. The largest absolute Gasteiger partial charge is 0.492 e. The fourth-order valence-electron chi connectivity index (χ4n) is 1.95. The van der Waals surface area contributed by atoms with Crippen molar-refractivity contribution in [2.75, 3.05) is 13.7 Å². The Labute approximate surface area is 125 Å². The molecular formula is C15H15NO6. The Morgan fingerprint density at radius 3 is 2.55 bits per heavy atom. The van der Waals surface area contributed by atoms with Crippen molar-refractivity contribution in [2.24, 2.45) is 0 Å². The van der Waals surface area contributed by atoms with Crippen LogP contribution in [0, 0.1) is 0 Å². The van der Waals surface area contributed by atoms with E-state index in [4.69, 9.17) is 14.6 Å². The third-order valence-electron chi connectivity index (χ3n) is 3.01. The SMILES string of the molecule is CCCOc1cc2c(=O)cc(C(=O)O)[nH]c2cc(OC)c1=O. The molecule has 7 heteroatoms. The lowest BCUT2D eigenvalue weighted by Gasteiger charge is -2.01. The number of pyridine rings is 1. The van der Waals surface area contributed by atoms with Crippen molar-refractivity contribution in [3.05, 3.63) is 44.3 Å². The number of hydrogen-bond donors (Lipinski definition) is 2. The Hall–Kier alpha value is -2.83. The van der Waals surface area contributed by atoms with Gasteiger partial charge in [0, 0.05) is 17.5 Å². The van der Waals surface area contributed by atoms with Gasteiger partial charge < -0.3 is 19.6 Å². The number of aromatic carboxylic acids is 1. The van der Waals surface area contributed by atoms with Crippen LogP contribution < -0.4 is 20.3 Å². The molecule has 0 fully saturated rings. The normalized spacial score (nSPS) is 10.5. The van der Waals surface area contributed by atoms with E-state index in [0.29, 0.717) is 13.0 Å². The Morgan fingerprint density at radius 1 is 1.23 bits per heavy atom. The molecule has 1 aromatic carbocycles. The lowest BCUT2D eigenvalue weighted by molar-refractivity contribution is 0.0691. The van der Waals surface area contributed by atoms with Crippen LogP contribution in [0.15, 0.2) is 27.8 Å². The summed E-state index contributed by atoms with van der Waals surface area (Å²) in [7, 11) is 1.31. The van der Waals surface area contributed by atoms with Crippen LogP contribution in [0.2, 0.25) is 0 Å². The van der Waals surface area contributed by atoms with Gasteiger partial charge in [0.05, 0.1) is 19.2 Å². The first-order valence-corrected chi connectivity index (χ1v) is 6.63. The van der Waals surface area contributed by atoms with E-state index in [1.54, 1.807) is 0 Å². The Morgan fingerprint density at radius 2 is 1.95 bits per heavy atom. The van der Waals surface area contributed by atoms with Crippen molar-refractivity contribution >= 4 is 16.9 Å². The Balaban J connectivity index is 2.85. The fourth-order valence-corrected chi connectivity index (χ4v) is 1.95. The first-order chi connectivity index (χ1) is 10.5. The van der Waals surface area contributed by atoms with Crippen LogP contribution in [0.1, 0.15) is 23.8 Å². The number of carboxylic acids is 1. The highest BCUT2D eigenvalue weighted by molar-refractivity contribution is 5.90. The lowest BCUT2D eigenvalue weighted by Crippen LogP contribution is -2.09. The van der Waals surface area contributed by atoms with Crippen molar-refractivity contribution in [1.29, 1.82) is 0 Å². The topological polar surface area (TPSA) is 106 Å². The highest BCUT2D eigenvalue weighted by Gasteiger charge is 2.13. The molecule has 0 radical (unpaired) electrons. The maximum Gasteiger partial charge on any atom is 0.352 e. The van der Waals surface area contributed by atoms with E-state index >= 15 is 0 Å². The number of rotatable bonds is 5. The molecular weight excluding hydrogens is 290 g/mol. The summed E-state index contributed by atoms with van der Waals surface area (Å²) in [4.78, 5) is 38.0. The van der Waals surface area contributed by atoms with E-state index in [0.717, 1.165) is 6.07 Å². The lowest BCUT2D eigenvalue weighted by atomic mass is 10.2. The summed E-state index contributed by atoms with van der Waals surface area (Å²) in [5.41, 5.74) is -1.11.